The first-order chi connectivity index (χ1) is 6.70. The first kappa shape index (κ1) is 9.52. The molecule has 0 aromatic carbocycles. The monoisotopic (exact) mass is 196 g/mol. The van der Waals surface area contributed by atoms with Gasteiger partial charge in [-0.2, -0.15) is 0 Å². The maximum Gasteiger partial charge on any atom is 0.325 e. The molecule has 1 aliphatic rings. The number of rotatable bonds is 2. The summed E-state index contributed by atoms with van der Waals surface area (Å²) in [6.07, 6.45) is 3.48. The number of nitrogens with one attached hydrogen (secondary N) is 1. The van der Waals surface area contributed by atoms with Crippen molar-refractivity contribution in [1.82, 2.24) is 9.55 Å². The van der Waals surface area contributed by atoms with Gasteiger partial charge in [-0.1, -0.05) is 13.8 Å². The molecule has 1 aromatic heterocycles. The third-order valence-corrected chi connectivity index (χ3v) is 2.98. The molecule has 2 rings (SSSR count). The molecule has 1 aromatic rings. The SMILES string of the molecule is CC(C)C1COCC1n1cc[nH]c1=O. The summed E-state index contributed by atoms with van der Waals surface area (Å²) in [6.45, 7) is 5.76. The second-order valence-corrected chi connectivity index (χ2v) is 4.19. The van der Waals surface area contributed by atoms with E-state index in [1.54, 1.807) is 17.0 Å². The summed E-state index contributed by atoms with van der Waals surface area (Å²) in [5.41, 5.74) is -0.0360. The Hall–Kier alpha value is -1.03. The van der Waals surface area contributed by atoms with Crippen molar-refractivity contribution in [3.8, 4) is 0 Å². The van der Waals surface area contributed by atoms with Crippen LogP contribution in [-0.2, 0) is 4.74 Å². The summed E-state index contributed by atoms with van der Waals surface area (Å²) in [7, 11) is 0. The molecule has 78 valence electrons. The normalized spacial score (nSPS) is 27.4. The Kier molecular flexibility index (Phi) is 2.46. The number of nitrogens with zero attached hydrogens (tertiary/aromatic N) is 1. The topological polar surface area (TPSA) is 47.0 Å². The number of ether oxygens (including phenoxy) is 1. The van der Waals surface area contributed by atoms with Crippen molar-refractivity contribution in [2.24, 2.45) is 11.8 Å². The van der Waals surface area contributed by atoms with Gasteiger partial charge in [-0.25, -0.2) is 4.79 Å². The van der Waals surface area contributed by atoms with E-state index in [1.807, 2.05) is 0 Å². The Balaban J connectivity index is 2.26. The minimum Gasteiger partial charge on any atom is -0.379 e. The fourth-order valence-corrected chi connectivity index (χ4v) is 2.08. The lowest BCUT2D eigenvalue weighted by atomic mass is 9.91. The van der Waals surface area contributed by atoms with Crippen LogP contribution in [0, 0.1) is 11.8 Å². The number of H-pyrrole nitrogens is 1. The van der Waals surface area contributed by atoms with Crippen LogP contribution in [0.2, 0.25) is 0 Å². The zero-order valence-electron chi connectivity index (χ0n) is 8.56. The molecule has 1 saturated heterocycles. The Morgan fingerprint density at radius 1 is 1.57 bits per heavy atom. The van der Waals surface area contributed by atoms with Gasteiger partial charge in [0.25, 0.3) is 0 Å². The van der Waals surface area contributed by atoms with Gasteiger partial charge in [-0.05, 0) is 5.92 Å². The highest BCUT2D eigenvalue weighted by atomic mass is 16.5. The van der Waals surface area contributed by atoms with E-state index in [-0.39, 0.29) is 11.7 Å². The molecule has 4 heteroatoms. The van der Waals surface area contributed by atoms with Gasteiger partial charge in [0.2, 0.25) is 0 Å². The maximum atomic E-state index is 11.4. The summed E-state index contributed by atoms with van der Waals surface area (Å²) in [5.74, 6) is 0.993. The molecule has 0 saturated carbocycles. The van der Waals surface area contributed by atoms with Crippen LogP contribution in [0.3, 0.4) is 0 Å². The Morgan fingerprint density at radius 3 is 2.93 bits per heavy atom. The highest BCUT2D eigenvalue weighted by Gasteiger charge is 2.32. The van der Waals surface area contributed by atoms with Gasteiger partial charge >= 0.3 is 5.69 Å². The van der Waals surface area contributed by atoms with Crippen molar-refractivity contribution in [1.29, 1.82) is 0 Å². The third kappa shape index (κ3) is 1.50. The van der Waals surface area contributed by atoms with Crippen LogP contribution in [0.15, 0.2) is 17.2 Å². The quantitative estimate of drug-likeness (QED) is 0.767. The van der Waals surface area contributed by atoms with Crippen molar-refractivity contribution < 1.29 is 4.74 Å². The van der Waals surface area contributed by atoms with Crippen molar-refractivity contribution in [3.63, 3.8) is 0 Å². The Morgan fingerprint density at radius 2 is 2.36 bits per heavy atom. The van der Waals surface area contributed by atoms with Gasteiger partial charge in [-0.15, -0.1) is 0 Å². The van der Waals surface area contributed by atoms with Gasteiger partial charge in [0, 0.05) is 18.3 Å². The highest BCUT2D eigenvalue weighted by molar-refractivity contribution is 4.88. The molecular formula is C10H16N2O2. The van der Waals surface area contributed by atoms with Crippen LogP contribution in [0.5, 0.6) is 0 Å². The number of aromatic nitrogens is 2. The molecule has 4 nitrogen and oxygen atoms in total. The van der Waals surface area contributed by atoms with Crippen molar-refractivity contribution in [3.05, 3.63) is 22.9 Å². The Bertz CT molecular complexity index is 353. The lowest BCUT2D eigenvalue weighted by Gasteiger charge is -2.21. The number of hydrogen-bond donors (Lipinski definition) is 1. The van der Waals surface area contributed by atoms with E-state index in [4.69, 9.17) is 4.74 Å². The van der Waals surface area contributed by atoms with Crippen LogP contribution in [0.4, 0.5) is 0 Å². The molecule has 0 radical (unpaired) electrons. The molecule has 0 amide bonds. The third-order valence-electron chi connectivity index (χ3n) is 2.98. The Labute approximate surface area is 82.9 Å². The summed E-state index contributed by atoms with van der Waals surface area (Å²) in [5, 5.41) is 0. The number of aromatic amines is 1. The van der Waals surface area contributed by atoms with E-state index in [2.05, 4.69) is 18.8 Å². The molecule has 1 fully saturated rings. The van der Waals surface area contributed by atoms with E-state index in [0.29, 0.717) is 18.4 Å². The molecule has 0 spiro atoms. The van der Waals surface area contributed by atoms with Crippen molar-refractivity contribution in [2.45, 2.75) is 19.9 Å². The molecule has 2 heterocycles. The van der Waals surface area contributed by atoms with Crippen LogP contribution >= 0.6 is 0 Å². The molecule has 14 heavy (non-hydrogen) atoms. The first-order valence-electron chi connectivity index (χ1n) is 5.03. The van der Waals surface area contributed by atoms with E-state index in [0.717, 1.165) is 6.61 Å². The molecule has 2 atom stereocenters. The minimum atomic E-state index is -0.0360. The standard InChI is InChI=1S/C10H16N2O2/c1-7(2)8-5-14-6-9(8)12-4-3-11-10(12)13/h3-4,7-9H,5-6H2,1-2H3,(H,11,13). The van der Waals surface area contributed by atoms with Gasteiger partial charge < -0.3 is 9.72 Å². The zero-order chi connectivity index (χ0) is 10.1. The van der Waals surface area contributed by atoms with Gasteiger partial charge in [0.15, 0.2) is 0 Å². The predicted molar refractivity (Wildman–Crippen MR) is 53.2 cm³/mol. The van der Waals surface area contributed by atoms with Gasteiger partial charge in [0.1, 0.15) is 0 Å². The molecule has 0 aliphatic carbocycles. The fraction of sp³-hybridized carbons (Fsp3) is 0.700. The van der Waals surface area contributed by atoms with Gasteiger partial charge in [0.05, 0.1) is 19.3 Å². The van der Waals surface area contributed by atoms with E-state index in [9.17, 15) is 4.79 Å². The smallest absolute Gasteiger partial charge is 0.325 e. The lowest BCUT2D eigenvalue weighted by molar-refractivity contribution is 0.175. The lowest BCUT2D eigenvalue weighted by Crippen LogP contribution is -2.29. The molecule has 1 N–H and O–H groups in total. The largest absolute Gasteiger partial charge is 0.379 e. The minimum absolute atomic E-state index is 0.0360. The number of hydrogen-bond acceptors (Lipinski definition) is 2. The highest BCUT2D eigenvalue weighted by Crippen LogP contribution is 2.30. The summed E-state index contributed by atoms with van der Waals surface area (Å²) >= 11 is 0. The number of imidazole rings is 1. The van der Waals surface area contributed by atoms with Crippen molar-refractivity contribution in [2.75, 3.05) is 13.2 Å². The average Bonchev–Trinajstić information content (AvgIpc) is 2.70. The maximum absolute atomic E-state index is 11.4. The van der Waals surface area contributed by atoms with E-state index < -0.39 is 0 Å². The molecular weight excluding hydrogens is 180 g/mol. The van der Waals surface area contributed by atoms with Crippen LogP contribution in [0.25, 0.3) is 0 Å². The van der Waals surface area contributed by atoms with E-state index in [1.165, 1.54) is 0 Å². The second-order valence-electron chi connectivity index (χ2n) is 4.19. The predicted octanol–water partition coefficient (Wildman–Crippen LogP) is 1.02. The van der Waals surface area contributed by atoms with Crippen LogP contribution in [0.1, 0.15) is 19.9 Å². The molecule has 2 unspecified atom stereocenters. The van der Waals surface area contributed by atoms with Gasteiger partial charge in [-0.3, -0.25) is 4.57 Å². The zero-order valence-corrected chi connectivity index (χ0v) is 8.56. The second kappa shape index (κ2) is 3.61. The summed E-state index contributed by atoms with van der Waals surface area (Å²) in [4.78, 5) is 14.1. The average molecular weight is 196 g/mol. The van der Waals surface area contributed by atoms with Crippen LogP contribution < -0.4 is 5.69 Å². The van der Waals surface area contributed by atoms with Crippen LogP contribution in [-0.4, -0.2) is 22.8 Å². The van der Waals surface area contributed by atoms with Crippen molar-refractivity contribution >= 4 is 0 Å². The first-order valence-corrected chi connectivity index (χ1v) is 5.03. The summed E-state index contributed by atoms with van der Waals surface area (Å²) in [6, 6.07) is 0.203. The summed E-state index contributed by atoms with van der Waals surface area (Å²) < 4.78 is 7.18. The molecule has 1 aliphatic heterocycles. The fourth-order valence-electron chi connectivity index (χ4n) is 2.08. The molecule has 0 bridgehead atoms. The van der Waals surface area contributed by atoms with E-state index >= 15 is 0 Å².